The molecule has 20 heteroatoms. The summed E-state index contributed by atoms with van der Waals surface area (Å²) in [6, 6.07) is 22.6. The van der Waals surface area contributed by atoms with Crippen LogP contribution in [0.3, 0.4) is 0 Å². The number of aromatic nitrogens is 2. The fourth-order valence-corrected chi connectivity index (χ4v) is 11.3. The zero-order valence-electron chi connectivity index (χ0n) is 41.7. The largest absolute Gasteiger partial charge is 0.455 e. The molecule has 2 heterocycles. The lowest BCUT2D eigenvalue weighted by Crippen LogP contribution is -2.82. The van der Waals surface area contributed by atoms with Gasteiger partial charge in [0.15, 0.2) is 17.5 Å². The summed E-state index contributed by atoms with van der Waals surface area (Å²) < 4.78 is 49.3. The molecule has 2 N–H and O–H groups in total. The minimum absolute atomic E-state index is 0.0135. The monoisotopic (exact) mass is 1020 g/mol. The molecule has 4 aromatic rings. The van der Waals surface area contributed by atoms with Crippen molar-refractivity contribution < 1.29 is 81.4 Å². The van der Waals surface area contributed by atoms with Gasteiger partial charge in [0, 0.05) is 57.2 Å². The van der Waals surface area contributed by atoms with Crippen molar-refractivity contribution in [2.45, 2.75) is 108 Å². The minimum atomic E-state index is -2.53. The third-order valence-corrected chi connectivity index (χ3v) is 14.9. The molecule has 3 aromatic carbocycles. The number of nitrogens with one attached hydrogen (secondary N) is 1. The second-order valence-electron chi connectivity index (χ2n) is 19.6. The number of imidazole rings is 1. The molecule has 1 amide bonds. The molecule has 1 saturated heterocycles. The Hall–Kier alpha value is -7.55. The first-order valence-corrected chi connectivity index (χ1v) is 23.9. The van der Waals surface area contributed by atoms with Crippen molar-refractivity contribution in [3.05, 3.63) is 138 Å². The third-order valence-electron chi connectivity index (χ3n) is 14.9. The van der Waals surface area contributed by atoms with Crippen molar-refractivity contribution in [1.29, 1.82) is 0 Å². The smallest absolute Gasteiger partial charge is 0.419 e. The summed E-state index contributed by atoms with van der Waals surface area (Å²) in [7, 11) is 1.24. The van der Waals surface area contributed by atoms with Crippen LogP contribution in [0.15, 0.2) is 121 Å². The van der Waals surface area contributed by atoms with E-state index < -0.39 is 138 Å². The lowest BCUT2D eigenvalue weighted by atomic mass is 9.44. The van der Waals surface area contributed by atoms with Crippen molar-refractivity contribution in [2.75, 3.05) is 20.3 Å². The maximum atomic E-state index is 16.3. The molecule has 3 fully saturated rings. The van der Waals surface area contributed by atoms with Crippen LogP contribution in [0.2, 0.25) is 0 Å². The van der Waals surface area contributed by atoms with Gasteiger partial charge in [0.05, 0.1) is 23.5 Å². The molecule has 8 rings (SSSR count). The van der Waals surface area contributed by atoms with Gasteiger partial charge in [-0.05, 0) is 54.8 Å². The number of rotatable bonds is 14. The van der Waals surface area contributed by atoms with Gasteiger partial charge < -0.3 is 48.3 Å². The van der Waals surface area contributed by atoms with Gasteiger partial charge in [0.1, 0.15) is 49.0 Å². The number of benzene rings is 3. The Kier molecular flexibility index (Phi) is 14.8. The Morgan fingerprint density at radius 1 is 0.851 bits per heavy atom. The van der Waals surface area contributed by atoms with E-state index in [0.717, 1.165) is 18.4 Å². The van der Waals surface area contributed by atoms with Crippen LogP contribution in [0.5, 0.6) is 0 Å². The van der Waals surface area contributed by atoms with Crippen LogP contribution < -0.4 is 5.32 Å². The predicted octanol–water partition coefficient (Wildman–Crippen LogP) is 4.82. The number of methoxy groups -OCH3 is 1. The van der Waals surface area contributed by atoms with Gasteiger partial charge in [0.25, 0.3) is 5.91 Å². The molecule has 390 valence electrons. The molecule has 2 saturated carbocycles. The maximum absolute atomic E-state index is 16.3. The van der Waals surface area contributed by atoms with Gasteiger partial charge >= 0.3 is 35.9 Å². The molecule has 1 aliphatic heterocycles. The number of ether oxygens (including phenoxy) is 8. The SMILES string of the molecule is COCC(=O)O[C@@H](C(=O)O[C@H]1C[C@@]2(O)[C@@H](OC(=O)c3ccccc3)[C@@H]3[C@]4(OC(C)=O)CO[C@@H]4C[C@H](OC(=O)n4ccnc4)[C@@]3(C)C(=O)[C@H](OC(C)=O)C(=C1C)C2(C)C)[C@@H](NC(=O)c1ccccc1)c1ccccc1. The number of Topliss-reactive ketones (excluding diaryl/α,β-unsaturated/α-hetero) is 1. The molecule has 11 atom stereocenters. The van der Waals surface area contributed by atoms with Gasteiger partial charge in [-0.3, -0.25) is 19.2 Å². The summed E-state index contributed by atoms with van der Waals surface area (Å²) in [6.07, 6.45) is -8.24. The van der Waals surface area contributed by atoms with Crippen LogP contribution in [0.1, 0.15) is 86.7 Å². The Labute approximate surface area is 425 Å². The lowest BCUT2D eigenvalue weighted by Gasteiger charge is -2.67. The van der Waals surface area contributed by atoms with E-state index in [1.807, 2.05) is 0 Å². The van der Waals surface area contributed by atoms with Gasteiger partial charge in [0.2, 0.25) is 6.10 Å². The van der Waals surface area contributed by atoms with E-state index in [1.54, 1.807) is 78.9 Å². The zero-order valence-corrected chi connectivity index (χ0v) is 41.7. The molecule has 0 spiro atoms. The summed E-state index contributed by atoms with van der Waals surface area (Å²) in [6.45, 7) is 7.14. The first kappa shape index (κ1) is 52.8. The van der Waals surface area contributed by atoms with Gasteiger partial charge in [-0.1, -0.05) is 80.6 Å². The van der Waals surface area contributed by atoms with Crippen LogP contribution >= 0.6 is 0 Å². The number of nitrogens with zero attached hydrogens (tertiary/aromatic N) is 2. The van der Waals surface area contributed by atoms with Crippen LogP contribution in [-0.2, 0) is 61.9 Å². The highest BCUT2D eigenvalue weighted by atomic mass is 16.6. The molecule has 4 aliphatic rings. The Morgan fingerprint density at radius 3 is 2.05 bits per heavy atom. The number of esters is 5. The van der Waals surface area contributed by atoms with E-state index in [4.69, 9.17) is 37.9 Å². The zero-order chi connectivity index (χ0) is 53.3. The Morgan fingerprint density at radius 2 is 1.49 bits per heavy atom. The fourth-order valence-electron chi connectivity index (χ4n) is 11.3. The molecule has 1 aromatic heterocycles. The van der Waals surface area contributed by atoms with Crippen molar-refractivity contribution in [1.82, 2.24) is 14.9 Å². The number of amides is 1. The Bertz CT molecular complexity index is 2840. The topological polar surface area (TPSA) is 260 Å². The molecule has 3 aliphatic carbocycles. The van der Waals surface area contributed by atoms with Crippen molar-refractivity contribution >= 4 is 47.6 Å². The van der Waals surface area contributed by atoms with Gasteiger partial charge in [-0.15, -0.1) is 0 Å². The quantitative estimate of drug-likeness (QED) is 0.0974. The first-order valence-electron chi connectivity index (χ1n) is 23.9. The van der Waals surface area contributed by atoms with Crippen molar-refractivity contribution in [3.63, 3.8) is 0 Å². The van der Waals surface area contributed by atoms with E-state index in [2.05, 4.69) is 10.3 Å². The van der Waals surface area contributed by atoms with Crippen LogP contribution in [-0.4, -0.2) is 130 Å². The maximum Gasteiger partial charge on any atom is 0.419 e. The molecule has 2 bridgehead atoms. The van der Waals surface area contributed by atoms with E-state index in [1.165, 1.54) is 65.7 Å². The highest BCUT2D eigenvalue weighted by Gasteiger charge is 2.79. The fraction of sp³-hybridized carbons (Fsp3) is 0.426. The second-order valence-corrected chi connectivity index (χ2v) is 19.6. The predicted molar refractivity (Wildman–Crippen MR) is 255 cm³/mol. The number of hydrogen-bond acceptors (Lipinski definition) is 18. The molecule has 0 unspecified atom stereocenters. The third kappa shape index (κ3) is 9.48. The molecular weight excluding hydrogens is 963 g/mol. The number of hydrogen-bond donors (Lipinski definition) is 2. The summed E-state index contributed by atoms with van der Waals surface area (Å²) in [5.74, 6) is -8.32. The highest BCUT2D eigenvalue weighted by Crippen LogP contribution is 2.65. The van der Waals surface area contributed by atoms with Crippen LogP contribution in [0, 0.1) is 16.7 Å². The summed E-state index contributed by atoms with van der Waals surface area (Å²) >= 11 is 0. The number of fused-ring (bicyclic) bond motifs is 5. The number of aliphatic hydroxyl groups is 1. The van der Waals surface area contributed by atoms with E-state index in [0.29, 0.717) is 5.56 Å². The number of ketones is 1. The normalized spacial score (nSPS) is 28.4. The van der Waals surface area contributed by atoms with Crippen molar-refractivity contribution in [3.8, 4) is 0 Å². The highest BCUT2D eigenvalue weighted by molar-refractivity contribution is 5.97. The van der Waals surface area contributed by atoms with Crippen LogP contribution in [0.4, 0.5) is 4.79 Å². The van der Waals surface area contributed by atoms with E-state index >= 15 is 9.59 Å². The summed E-state index contributed by atoms with van der Waals surface area (Å²) in [4.78, 5) is 118. The number of carbonyl (C=O) groups excluding carboxylic acids is 8. The van der Waals surface area contributed by atoms with Crippen LogP contribution in [0.25, 0.3) is 0 Å². The number of carbonyl (C=O) groups is 8. The molecule has 20 nitrogen and oxygen atoms in total. The van der Waals surface area contributed by atoms with Gasteiger partial charge in [-0.25, -0.2) is 28.7 Å². The van der Waals surface area contributed by atoms with Gasteiger partial charge in [-0.2, -0.15) is 0 Å². The second kappa shape index (κ2) is 20.8. The summed E-state index contributed by atoms with van der Waals surface area (Å²) in [5, 5.41) is 17.0. The average Bonchev–Trinajstić information content (AvgIpc) is 3.92. The lowest BCUT2D eigenvalue weighted by molar-refractivity contribution is -0.345. The summed E-state index contributed by atoms with van der Waals surface area (Å²) in [5.41, 5.74) is -7.87. The molecule has 0 radical (unpaired) electrons. The average molecular weight is 1020 g/mol. The van der Waals surface area contributed by atoms with Crippen molar-refractivity contribution in [2.24, 2.45) is 16.7 Å². The van der Waals surface area contributed by atoms with E-state index in [-0.39, 0.29) is 28.7 Å². The minimum Gasteiger partial charge on any atom is -0.455 e. The molecule has 74 heavy (non-hydrogen) atoms. The van der Waals surface area contributed by atoms with E-state index in [9.17, 15) is 33.9 Å². The standard InChI is InChI=1S/C54H57N3O17/c1-30-36(70-49(64)43(72-39(60)27-67-7)41(33-17-11-8-12-18-33)56-47(62)34-19-13-9-14-20-34)26-54(66)46(73-48(63)35-21-15-10-16-22-35)44-52(6,45(61)42(69-31(2)58)40(30)51(54,4)5)37(71-50(65)57-24-23-55-29-57)25-38-53(44,28-68-38)74-32(3)59/h8-24,29,36-38,41-44,46,66H,25-28H2,1-7H3,(H,56,62)/t36-,37-,38+,41-,42+,43+,44-,46-,52+,53-,54+/m0/s1. The first-order chi connectivity index (χ1) is 35.2. The molecular formula is C54H57N3O17. The Balaban J connectivity index is 1.33.